The predicted octanol–water partition coefficient (Wildman–Crippen LogP) is 3.67. The van der Waals surface area contributed by atoms with Crippen LogP contribution in [-0.4, -0.2) is 16.1 Å². The van der Waals surface area contributed by atoms with Gasteiger partial charge in [0.05, 0.1) is 5.69 Å². The smallest absolute Gasteiger partial charge is 0.207 e. The SMILES string of the molecule is CCCCNc1nccn1-c1cc(F)c(C)cc1F. The Morgan fingerprint density at radius 3 is 2.79 bits per heavy atom. The van der Waals surface area contributed by atoms with Gasteiger partial charge < -0.3 is 5.32 Å². The maximum Gasteiger partial charge on any atom is 0.207 e. The maximum absolute atomic E-state index is 13.9. The summed E-state index contributed by atoms with van der Waals surface area (Å²) in [7, 11) is 0. The lowest BCUT2D eigenvalue weighted by molar-refractivity contribution is 0.585. The molecule has 1 aromatic carbocycles. The summed E-state index contributed by atoms with van der Waals surface area (Å²) in [6, 6.07) is 2.39. The number of anilines is 1. The first-order valence-electron chi connectivity index (χ1n) is 6.36. The van der Waals surface area contributed by atoms with Crippen LogP contribution < -0.4 is 5.32 Å². The topological polar surface area (TPSA) is 29.9 Å². The molecule has 0 aliphatic rings. The second-order valence-corrected chi connectivity index (χ2v) is 4.45. The molecular weight excluding hydrogens is 248 g/mol. The molecule has 0 aliphatic carbocycles. The number of aromatic nitrogens is 2. The van der Waals surface area contributed by atoms with Crippen LogP contribution in [0.25, 0.3) is 5.69 Å². The minimum absolute atomic E-state index is 0.166. The number of rotatable bonds is 5. The molecule has 0 aliphatic heterocycles. The van der Waals surface area contributed by atoms with E-state index >= 15 is 0 Å². The lowest BCUT2D eigenvalue weighted by Gasteiger charge is -2.11. The molecule has 2 aromatic rings. The lowest BCUT2D eigenvalue weighted by atomic mass is 10.2. The Labute approximate surface area is 111 Å². The van der Waals surface area contributed by atoms with Crippen LogP contribution in [-0.2, 0) is 0 Å². The Morgan fingerprint density at radius 1 is 1.26 bits per heavy atom. The molecule has 0 saturated carbocycles. The average molecular weight is 265 g/mol. The number of hydrogen-bond donors (Lipinski definition) is 1. The zero-order chi connectivity index (χ0) is 13.8. The fourth-order valence-electron chi connectivity index (χ4n) is 1.83. The molecule has 19 heavy (non-hydrogen) atoms. The summed E-state index contributed by atoms with van der Waals surface area (Å²) in [6.07, 6.45) is 5.23. The number of aryl methyl sites for hydroxylation is 1. The van der Waals surface area contributed by atoms with Gasteiger partial charge >= 0.3 is 0 Å². The molecule has 1 N–H and O–H groups in total. The van der Waals surface area contributed by atoms with Crippen LogP contribution in [0, 0.1) is 18.6 Å². The van der Waals surface area contributed by atoms with Gasteiger partial charge in [-0.05, 0) is 25.0 Å². The van der Waals surface area contributed by atoms with E-state index in [1.807, 2.05) is 0 Å². The number of benzene rings is 1. The van der Waals surface area contributed by atoms with Gasteiger partial charge in [-0.2, -0.15) is 0 Å². The number of unbranched alkanes of at least 4 members (excludes halogenated alkanes) is 1. The Bertz CT molecular complexity index is 564. The van der Waals surface area contributed by atoms with Crippen molar-refractivity contribution < 1.29 is 8.78 Å². The van der Waals surface area contributed by atoms with Crippen LogP contribution in [0.15, 0.2) is 24.5 Å². The molecule has 0 atom stereocenters. The number of halogens is 2. The first-order valence-corrected chi connectivity index (χ1v) is 6.36. The summed E-state index contributed by atoms with van der Waals surface area (Å²) in [5.41, 5.74) is 0.460. The average Bonchev–Trinajstić information content (AvgIpc) is 2.82. The van der Waals surface area contributed by atoms with Crippen LogP contribution in [0.3, 0.4) is 0 Å². The van der Waals surface area contributed by atoms with Crippen molar-refractivity contribution in [2.75, 3.05) is 11.9 Å². The largest absolute Gasteiger partial charge is 0.355 e. The molecule has 2 rings (SSSR count). The summed E-state index contributed by atoms with van der Waals surface area (Å²) < 4.78 is 29.0. The van der Waals surface area contributed by atoms with Crippen LogP contribution in [0.5, 0.6) is 0 Å². The van der Waals surface area contributed by atoms with E-state index in [0.717, 1.165) is 19.4 Å². The van der Waals surface area contributed by atoms with Crippen molar-refractivity contribution in [2.45, 2.75) is 26.7 Å². The van der Waals surface area contributed by atoms with Gasteiger partial charge in [0.1, 0.15) is 11.6 Å². The van der Waals surface area contributed by atoms with Crippen molar-refractivity contribution in [2.24, 2.45) is 0 Å². The normalized spacial score (nSPS) is 10.7. The number of nitrogens with one attached hydrogen (secondary N) is 1. The van der Waals surface area contributed by atoms with E-state index < -0.39 is 11.6 Å². The first-order chi connectivity index (χ1) is 9.13. The van der Waals surface area contributed by atoms with Crippen molar-refractivity contribution in [1.82, 2.24) is 9.55 Å². The highest BCUT2D eigenvalue weighted by atomic mass is 19.1. The van der Waals surface area contributed by atoms with Crippen molar-refractivity contribution in [3.63, 3.8) is 0 Å². The summed E-state index contributed by atoms with van der Waals surface area (Å²) in [4.78, 5) is 4.12. The van der Waals surface area contributed by atoms with E-state index in [-0.39, 0.29) is 5.69 Å². The highest BCUT2D eigenvalue weighted by Crippen LogP contribution is 2.21. The Morgan fingerprint density at radius 2 is 2.05 bits per heavy atom. The van der Waals surface area contributed by atoms with Gasteiger partial charge in [-0.15, -0.1) is 0 Å². The van der Waals surface area contributed by atoms with E-state index in [4.69, 9.17) is 0 Å². The van der Waals surface area contributed by atoms with Gasteiger partial charge in [0.15, 0.2) is 0 Å². The van der Waals surface area contributed by atoms with Crippen molar-refractivity contribution in [3.8, 4) is 5.69 Å². The molecule has 1 aromatic heterocycles. The second-order valence-electron chi connectivity index (χ2n) is 4.45. The highest BCUT2D eigenvalue weighted by molar-refractivity contribution is 5.44. The molecule has 0 unspecified atom stereocenters. The molecule has 0 fully saturated rings. The van der Waals surface area contributed by atoms with Crippen molar-refractivity contribution in [3.05, 3.63) is 41.7 Å². The van der Waals surface area contributed by atoms with E-state index in [9.17, 15) is 8.78 Å². The quantitative estimate of drug-likeness (QED) is 0.836. The molecule has 0 radical (unpaired) electrons. The van der Waals surface area contributed by atoms with E-state index in [1.54, 1.807) is 12.4 Å². The van der Waals surface area contributed by atoms with Gasteiger partial charge in [0.25, 0.3) is 0 Å². The number of nitrogens with zero attached hydrogens (tertiary/aromatic N) is 2. The molecule has 1 heterocycles. The molecule has 3 nitrogen and oxygen atoms in total. The summed E-state index contributed by atoms with van der Waals surface area (Å²) >= 11 is 0. The summed E-state index contributed by atoms with van der Waals surface area (Å²) in [5.74, 6) is -0.365. The minimum Gasteiger partial charge on any atom is -0.355 e. The lowest BCUT2D eigenvalue weighted by Crippen LogP contribution is -2.08. The van der Waals surface area contributed by atoms with E-state index in [2.05, 4.69) is 17.2 Å². The van der Waals surface area contributed by atoms with E-state index in [1.165, 1.54) is 23.6 Å². The van der Waals surface area contributed by atoms with Crippen molar-refractivity contribution >= 4 is 5.95 Å². The maximum atomic E-state index is 13.9. The molecular formula is C14H17F2N3. The summed E-state index contributed by atoms with van der Waals surface area (Å²) in [5, 5.41) is 3.12. The van der Waals surface area contributed by atoms with Crippen LogP contribution in [0.1, 0.15) is 25.3 Å². The standard InChI is InChI=1S/C14H17F2N3/c1-3-4-5-17-14-18-6-7-19(14)13-9-11(15)10(2)8-12(13)16/h6-9H,3-5H2,1-2H3,(H,17,18). The Kier molecular flexibility index (Phi) is 4.14. The van der Waals surface area contributed by atoms with Gasteiger partial charge in [0.2, 0.25) is 5.95 Å². The van der Waals surface area contributed by atoms with Gasteiger partial charge in [-0.3, -0.25) is 4.57 Å². The molecule has 0 amide bonds. The zero-order valence-electron chi connectivity index (χ0n) is 11.1. The monoisotopic (exact) mass is 265 g/mol. The highest BCUT2D eigenvalue weighted by Gasteiger charge is 2.12. The predicted molar refractivity (Wildman–Crippen MR) is 71.6 cm³/mol. The van der Waals surface area contributed by atoms with Crippen LogP contribution in [0.2, 0.25) is 0 Å². The van der Waals surface area contributed by atoms with Crippen LogP contribution >= 0.6 is 0 Å². The van der Waals surface area contributed by atoms with E-state index in [0.29, 0.717) is 11.5 Å². The third-order valence-electron chi connectivity index (χ3n) is 2.94. The number of hydrogen-bond acceptors (Lipinski definition) is 2. The zero-order valence-corrected chi connectivity index (χ0v) is 11.1. The molecule has 5 heteroatoms. The third-order valence-corrected chi connectivity index (χ3v) is 2.94. The van der Waals surface area contributed by atoms with Crippen LogP contribution in [0.4, 0.5) is 14.7 Å². The van der Waals surface area contributed by atoms with Gasteiger partial charge in [-0.25, -0.2) is 13.8 Å². The fraction of sp³-hybridized carbons (Fsp3) is 0.357. The Balaban J connectivity index is 2.32. The second kappa shape index (κ2) is 5.82. The number of imidazole rings is 1. The molecule has 0 saturated heterocycles. The summed E-state index contributed by atoms with van der Waals surface area (Å²) in [6.45, 7) is 4.38. The minimum atomic E-state index is -0.463. The molecule has 102 valence electrons. The Hall–Kier alpha value is -1.91. The molecule has 0 spiro atoms. The van der Waals surface area contributed by atoms with Crippen molar-refractivity contribution in [1.29, 1.82) is 0 Å². The van der Waals surface area contributed by atoms with Gasteiger partial charge in [0, 0.05) is 25.0 Å². The first kappa shape index (κ1) is 13.5. The molecule has 0 bridgehead atoms. The third kappa shape index (κ3) is 2.92. The fourth-order valence-corrected chi connectivity index (χ4v) is 1.83. The van der Waals surface area contributed by atoms with Gasteiger partial charge in [-0.1, -0.05) is 13.3 Å².